The zero-order valence-electron chi connectivity index (χ0n) is 14.6. The fraction of sp³-hybridized carbons (Fsp3) is 0.200. The highest BCUT2D eigenvalue weighted by atomic mass is 16.7. The van der Waals surface area contributed by atoms with Gasteiger partial charge >= 0.3 is 23.5 Å². The van der Waals surface area contributed by atoms with Gasteiger partial charge in [-0.15, -0.1) is 0 Å². The Morgan fingerprint density at radius 2 is 1.41 bits per heavy atom. The molecule has 1 fully saturated rings. The fourth-order valence-electron chi connectivity index (χ4n) is 2.68. The van der Waals surface area contributed by atoms with Crippen molar-refractivity contribution in [2.24, 2.45) is 0 Å². The number of aliphatic hydroxyl groups excluding tert-OH is 1. The van der Waals surface area contributed by atoms with Crippen molar-refractivity contribution in [3.8, 4) is 0 Å². The molecule has 3 rings (SSSR count). The van der Waals surface area contributed by atoms with Crippen LogP contribution in [0.15, 0.2) is 48.5 Å². The summed E-state index contributed by atoms with van der Waals surface area (Å²) in [6, 6.07) is 12.2. The van der Waals surface area contributed by atoms with Crippen molar-refractivity contribution in [2.45, 2.75) is 25.6 Å². The van der Waals surface area contributed by atoms with Crippen molar-refractivity contribution in [3.05, 3.63) is 70.8 Å². The van der Waals surface area contributed by atoms with E-state index in [1.807, 2.05) is 6.92 Å². The van der Waals surface area contributed by atoms with Gasteiger partial charge in [-0.1, -0.05) is 47.5 Å². The third-order valence-electron chi connectivity index (χ3n) is 4.30. The molecule has 7 heteroatoms. The number of aliphatic hydroxyl groups is 1. The van der Waals surface area contributed by atoms with Gasteiger partial charge in [-0.3, -0.25) is 4.79 Å². The second kappa shape index (κ2) is 6.77. The molecule has 0 bridgehead atoms. The molecule has 1 N–H and O–H groups in total. The van der Waals surface area contributed by atoms with Crippen LogP contribution in [0.5, 0.6) is 0 Å². The molecule has 2 aromatic carbocycles. The first kappa shape index (κ1) is 18.5. The average molecular weight is 368 g/mol. The van der Waals surface area contributed by atoms with Crippen molar-refractivity contribution < 1.29 is 33.8 Å². The maximum atomic E-state index is 13.0. The van der Waals surface area contributed by atoms with E-state index in [0.717, 1.165) is 11.1 Å². The predicted molar refractivity (Wildman–Crippen MR) is 91.9 cm³/mol. The molecule has 1 heterocycles. The van der Waals surface area contributed by atoms with E-state index < -0.39 is 35.4 Å². The largest absolute Gasteiger partial charge is 0.431 e. The van der Waals surface area contributed by atoms with Crippen LogP contribution in [0, 0.1) is 13.8 Å². The van der Waals surface area contributed by atoms with Crippen LogP contribution in [-0.4, -0.2) is 40.5 Å². The standard InChI is InChI=1S/C20H16O7/c1-11-3-7-13(8-4-11)15(21)20(16(22)18(24)26-19(20)25)27-17(23)14-9-5-12(2)6-10-14/h3-10,16,22H,1-2H3. The summed E-state index contributed by atoms with van der Waals surface area (Å²) in [5, 5.41) is 10.2. The van der Waals surface area contributed by atoms with Crippen LogP contribution < -0.4 is 0 Å². The Labute approximate surface area is 154 Å². The molecule has 1 aliphatic heterocycles. The van der Waals surface area contributed by atoms with Crippen molar-refractivity contribution >= 4 is 23.7 Å². The maximum absolute atomic E-state index is 13.0. The fourth-order valence-corrected chi connectivity index (χ4v) is 2.68. The topological polar surface area (TPSA) is 107 Å². The highest BCUT2D eigenvalue weighted by molar-refractivity contribution is 6.24. The Kier molecular flexibility index (Phi) is 4.63. The van der Waals surface area contributed by atoms with Crippen LogP contribution >= 0.6 is 0 Å². The monoisotopic (exact) mass is 368 g/mol. The van der Waals surface area contributed by atoms with Gasteiger partial charge in [0.15, 0.2) is 0 Å². The normalized spacial score (nSPS) is 21.7. The van der Waals surface area contributed by atoms with E-state index >= 15 is 0 Å². The van der Waals surface area contributed by atoms with E-state index in [1.165, 1.54) is 24.3 Å². The summed E-state index contributed by atoms with van der Waals surface area (Å²) in [5.41, 5.74) is -1.01. The number of ether oxygens (including phenoxy) is 2. The molecular weight excluding hydrogens is 352 g/mol. The lowest BCUT2D eigenvalue weighted by Crippen LogP contribution is -2.55. The number of carbonyl (C=O) groups excluding carboxylic acids is 4. The molecule has 2 unspecified atom stereocenters. The zero-order chi connectivity index (χ0) is 19.8. The number of ketones is 1. The van der Waals surface area contributed by atoms with Crippen LogP contribution in [0.25, 0.3) is 0 Å². The first-order chi connectivity index (χ1) is 12.8. The Bertz CT molecular complexity index is 928. The molecule has 1 aliphatic rings. The van der Waals surface area contributed by atoms with Gasteiger partial charge in [0.25, 0.3) is 0 Å². The van der Waals surface area contributed by atoms with Gasteiger partial charge in [-0.2, -0.15) is 0 Å². The summed E-state index contributed by atoms with van der Waals surface area (Å²) in [6.45, 7) is 3.61. The lowest BCUT2D eigenvalue weighted by molar-refractivity contribution is -0.157. The van der Waals surface area contributed by atoms with Gasteiger partial charge in [0, 0.05) is 5.56 Å². The third kappa shape index (κ3) is 3.13. The van der Waals surface area contributed by atoms with Crippen molar-refractivity contribution in [1.82, 2.24) is 0 Å². The van der Waals surface area contributed by atoms with E-state index in [9.17, 15) is 24.3 Å². The van der Waals surface area contributed by atoms with E-state index in [1.54, 1.807) is 31.2 Å². The summed E-state index contributed by atoms with van der Waals surface area (Å²) in [5.74, 6) is -4.85. The molecule has 138 valence electrons. The molecule has 0 saturated carbocycles. The molecule has 0 aliphatic carbocycles. The molecule has 0 aromatic heterocycles. The van der Waals surface area contributed by atoms with Crippen LogP contribution in [0.4, 0.5) is 0 Å². The lowest BCUT2D eigenvalue weighted by Gasteiger charge is -2.25. The number of esters is 3. The minimum absolute atomic E-state index is 0.0111. The summed E-state index contributed by atoms with van der Waals surface area (Å²) < 4.78 is 9.52. The number of rotatable bonds is 4. The first-order valence-corrected chi connectivity index (χ1v) is 8.11. The van der Waals surface area contributed by atoms with Crippen LogP contribution in [0.1, 0.15) is 31.8 Å². The number of hydrogen-bond donors (Lipinski definition) is 1. The SMILES string of the molecule is Cc1ccc(C(=O)OC2(C(=O)c3ccc(C)cc3)C(=O)OC(=O)C2O)cc1. The predicted octanol–water partition coefficient (Wildman–Crippen LogP) is 1.53. The smallest absolute Gasteiger partial charge is 0.370 e. The van der Waals surface area contributed by atoms with Crippen LogP contribution in [0.3, 0.4) is 0 Å². The second-order valence-corrected chi connectivity index (χ2v) is 6.30. The summed E-state index contributed by atoms with van der Waals surface area (Å²) >= 11 is 0. The Morgan fingerprint density at radius 3 is 1.85 bits per heavy atom. The molecule has 27 heavy (non-hydrogen) atoms. The Morgan fingerprint density at radius 1 is 0.926 bits per heavy atom. The molecule has 7 nitrogen and oxygen atoms in total. The van der Waals surface area contributed by atoms with Gasteiger partial charge in [-0.25, -0.2) is 14.4 Å². The minimum atomic E-state index is -2.78. The summed E-state index contributed by atoms with van der Waals surface area (Å²) in [4.78, 5) is 49.5. The molecule has 0 spiro atoms. The molecule has 0 amide bonds. The molecule has 1 saturated heterocycles. The van der Waals surface area contributed by atoms with E-state index in [4.69, 9.17) is 4.74 Å². The molecule has 2 aromatic rings. The van der Waals surface area contributed by atoms with Gasteiger partial charge in [0.05, 0.1) is 5.56 Å². The first-order valence-electron chi connectivity index (χ1n) is 8.11. The van der Waals surface area contributed by atoms with E-state index in [2.05, 4.69) is 4.74 Å². The molecular formula is C20H16O7. The van der Waals surface area contributed by atoms with Gasteiger partial charge in [0.1, 0.15) is 0 Å². The van der Waals surface area contributed by atoms with E-state index in [-0.39, 0.29) is 11.1 Å². The third-order valence-corrected chi connectivity index (χ3v) is 4.30. The van der Waals surface area contributed by atoms with Crippen molar-refractivity contribution in [3.63, 3.8) is 0 Å². The Hall–Kier alpha value is -3.32. The highest BCUT2D eigenvalue weighted by Gasteiger charge is 2.66. The summed E-state index contributed by atoms with van der Waals surface area (Å²) in [6.07, 6.45) is -2.26. The number of carbonyl (C=O) groups is 4. The lowest BCUT2D eigenvalue weighted by atomic mass is 9.88. The number of cyclic esters (lactones) is 2. The van der Waals surface area contributed by atoms with Gasteiger partial charge in [0.2, 0.25) is 11.9 Å². The van der Waals surface area contributed by atoms with Crippen LogP contribution in [-0.2, 0) is 19.1 Å². The quantitative estimate of drug-likeness (QED) is 0.495. The average Bonchev–Trinajstić information content (AvgIpc) is 2.86. The molecule has 0 radical (unpaired) electrons. The number of aryl methyl sites for hydroxylation is 2. The van der Waals surface area contributed by atoms with Crippen molar-refractivity contribution in [2.75, 3.05) is 0 Å². The number of Topliss-reactive ketones (excluding diaryl/α,β-unsaturated/α-hetero) is 1. The van der Waals surface area contributed by atoms with Gasteiger partial charge < -0.3 is 14.6 Å². The summed E-state index contributed by atoms with van der Waals surface area (Å²) in [7, 11) is 0. The van der Waals surface area contributed by atoms with Gasteiger partial charge in [-0.05, 0) is 26.0 Å². The minimum Gasteiger partial charge on any atom is -0.431 e. The Balaban J connectivity index is 2.03. The van der Waals surface area contributed by atoms with Crippen LogP contribution in [0.2, 0.25) is 0 Å². The zero-order valence-corrected chi connectivity index (χ0v) is 14.6. The van der Waals surface area contributed by atoms with Crippen molar-refractivity contribution in [1.29, 1.82) is 0 Å². The molecule has 2 atom stereocenters. The number of benzene rings is 2. The second-order valence-electron chi connectivity index (χ2n) is 6.30. The maximum Gasteiger partial charge on any atom is 0.370 e. The number of hydrogen-bond acceptors (Lipinski definition) is 7. The highest BCUT2D eigenvalue weighted by Crippen LogP contribution is 2.32. The van der Waals surface area contributed by atoms with E-state index in [0.29, 0.717) is 0 Å².